The Hall–Kier alpha value is -1.81. The van der Waals surface area contributed by atoms with Gasteiger partial charge in [-0.1, -0.05) is 17.7 Å². The summed E-state index contributed by atoms with van der Waals surface area (Å²) >= 11 is 0. The van der Waals surface area contributed by atoms with E-state index in [9.17, 15) is 0 Å². The number of aromatic nitrogens is 2. The molecule has 0 bridgehead atoms. The van der Waals surface area contributed by atoms with Gasteiger partial charge in [0.2, 0.25) is 0 Å². The zero-order valence-corrected chi connectivity index (χ0v) is 12.3. The van der Waals surface area contributed by atoms with Crippen molar-refractivity contribution in [2.45, 2.75) is 32.9 Å². The largest absolute Gasteiger partial charge is 0.496 e. The molecule has 2 rings (SSSR count). The lowest BCUT2D eigenvalue weighted by atomic mass is 10.1. The normalized spacial score (nSPS) is 10.7. The van der Waals surface area contributed by atoms with Crippen LogP contribution < -0.4 is 10.1 Å². The quantitative estimate of drug-likeness (QED) is 0.752. The van der Waals surface area contributed by atoms with E-state index in [0.717, 1.165) is 38.2 Å². The van der Waals surface area contributed by atoms with Gasteiger partial charge in [-0.05, 0) is 32.4 Å². The number of hydrogen-bond donors (Lipinski definition) is 1. The lowest BCUT2D eigenvalue weighted by molar-refractivity contribution is 0.407. The van der Waals surface area contributed by atoms with Gasteiger partial charge < -0.3 is 14.6 Å². The van der Waals surface area contributed by atoms with Crippen LogP contribution in [0.3, 0.4) is 0 Å². The first kappa shape index (κ1) is 14.6. The fourth-order valence-electron chi connectivity index (χ4n) is 2.23. The zero-order valence-electron chi connectivity index (χ0n) is 12.3. The van der Waals surface area contributed by atoms with Crippen LogP contribution in [-0.2, 0) is 13.1 Å². The summed E-state index contributed by atoms with van der Waals surface area (Å²) in [7, 11) is 1.72. The summed E-state index contributed by atoms with van der Waals surface area (Å²) in [6.45, 7) is 5.02. The average Bonchev–Trinajstić information content (AvgIpc) is 2.96. The number of imidazole rings is 1. The molecule has 0 amide bonds. The van der Waals surface area contributed by atoms with Crippen molar-refractivity contribution >= 4 is 0 Å². The van der Waals surface area contributed by atoms with E-state index in [1.807, 2.05) is 24.8 Å². The number of methoxy groups -OCH3 is 1. The van der Waals surface area contributed by atoms with Crippen molar-refractivity contribution in [3.63, 3.8) is 0 Å². The molecule has 4 nitrogen and oxygen atoms in total. The molecule has 1 aromatic carbocycles. The predicted octanol–water partition coefficient (Wildman–Crippen LogP) is 2.77. The van der Waals surface area contributed by atoms with Gasteiger partial charge in [0.15, 0.2) is 0 Å². The molecule has 0 unspecified atom stereocenters. The van der Waals surface area contributed by atoms with E-state index in [1.54, 1.807) is 7.11 Å². The molecule has 2 aromatic rings. The first-order chi connectivity index (χ1) is 9.79. The van der Waals surface area contributed by atoms with Gasteiger partial charge in [-0.15, -0.1) is 0 Å². The Bertz CT molecular complexity index is 508. The number of unbranched alkanes of at least 4 members (excludes halogenated alkanes) is 1. The Morgan fingerprint density at radius 3 is 2.95 bits per heavy atom. The number of nitrogens with one attached hydrogen (secondary N) is 1. The van der Waals surface area contributed by atoms with E-state index < -0.39 is 0 Å². The van der Waals surface area contributed by atoms with Crippen molar-refractivity contribution < 1.29 is 4.74 Å². The summed E-state index contributed by atoms with van der Waals surface area (Å²) < 4.78 is 7.49. The highest BCUT2D eigenvalue weighted by molar-refractivity contribution is 5.36. The van der Waals surface area contributed by atoms with Gasteiger partial charge >= 0.3 is 0 Å². The predicted molar refractivity (Wildman–Crippen MR) is 80.9 cm³/mol. The van der Waals surface area contributed by atoms with Crippen LogP contribution in [0.4, 0.5) is 0 Å². The van der Waals surface area contributed by atoms with E-state index in [4.69, 9.17) is 4.74 Å². The van der Waals surface area contributed by atoms with Crippen molar-refractivity contribution in [3.05, 3.63) is 48.0 Å². The molecular formula is C16H23N3O. The third-order valence-corrected chi connectivity index (χ3v) is 3.33. The average molecular weight is 273 g/mol. The van der Waals surface area contributed by atoms with Crippen LogP contribution >= 0.6 is 0 Å². The molecule has 0 atom stereocenters. The van der Waals surface area contributed by atoms with Crippen LogP contribution in [0.25, 0.3) is 0 Å². The number of ether oxygens (including phenoxy) is 1. The molecule has 0 radical (unpaired) electrons. The van der Waals surface area contributed by atoms with Gasteiger partial charge in [0.05, 0.1) is 13.4 Å². The van der Waals surface area contributed by atoms with Crippen molar-refractivity contribution in [2.75, 3.05) is 13.7 Å². The molecule has 20 heavy (non-hydrogen) atoms. The third kappa shape index (κ3) is 4.38. The maximum Gasteiger partial charge on any atom is 0.123 e. The molecule has 0 aliphatic rings. The summed E-state index contributed by atoms with van der Waals surface area (Å²) in [4.78, 5) is 4.04. The third-order valence-electron chi connectivity index (χ3n) is 3.33. The monoisotopic (exact) mass is 273 g/mol. The number of benzene rings is 1. The standard InChI is InChI=1S/C16H23N3O/c1-14-5-6-16(20-2)15(11-14)12-17-7-3-4-9-19-10-8-18-13-19/h5-6,8,10-11,13,17H,3-4,7,9,12H2,1-2H3. The van der Waals surface area contributed by atoms with Gasteiger partial charge in [-0.3, -0.25) is 0 Å². The van der Waals surface area contributed by atoms with Crippen molar-refractivity contribution in [1.29, 1.82) is 0 Å². The van der Waals surface area contributed by atoms with E-state index in [1.165, 1.54) is 11.1 Å². The van der Waals surface area contributed by atoms with Crippen LogP contribution in [0.2, 0.25) is 0 Å². The van der Waals surface area contributed by atoms with Crippen molar-refractivity contribution in [2.24, 2.45) is 0 Å². The molecule has 108 valence electrons. The molecule has 1 aromatic heterocycles. The summed E-state index contributed by atoms with van der Waals surface area (Å²) in [6.07, 6.45) is 8.01. The fourth-order valence-corrected chi connectivity index (χ4v) is 2.23. The molecule has 1 heterocycles. The topological polar surface area (TPSA) is 39.1 Å². The van der Waals surface area contributed by atoms with Crippen molar-refractivity contribution in [1.82, 2.24) is 14.9 Å². The number of rotatable bonds is 8. The van der Waals surface area contributed by atoms with Crippen LogP contribution in [0, 0.1) is 6.92 Å². The molecule has 0 aliphatic carbocycles. The first-order valence-electron chi connectivity index (χ1n) is 7.09. The Morgan fingerprint density at radius 1 is 1.30 bits per heavy atom. The lowest BCUT2D eigenvalue weighted by Gasteiger charge is -2.10. The maximum absolute atomic E-state index is 5.38. The number of nitrogens with zero attached hydrogens (tertiary/aromatic N) is 2. The van der Waals surface area contributed by atoms with Gasteiger partial charge in [-0.2, -0.15) is 0 Å². The molecule has 0 fully saturated rings. The first-order valence-corrected chi connectivity index (χ1v) is 7.09. The second-order valence-corrected chi connectivity index (χ2v) is 5.00. The van der Waals surface area contributed by atoms with Gasteiger partial charge in [0, 0.05) is 31.0 Å². The highest BCUT2D eigenvalue weighted by Crippen LogP contribution is 2.19. The van der Waals surface area contributed by atoms with Crippen LogP contribution in [0.15, 0.2) is 36.9 Å². The van der Waals surface area contributed by atoms with E-state index in [2.05, 4.69) is 33.9 Å². The van der Waals surface area contributed by atoms with Crippen LogP contribution in [0.1, 0.15) is 24.0 Å². The van der Waals surface area contributed by atoms with E-state index >= 15 is 0 Å². The summed E-state index contributed by atoms with van der Waals surface area (Å²) in [6, 6.07) is 6.29. The minimum absolute atomic E-state index is 0.857. The Morgan fingerprint density at radius 2 is 2.20 bits per heavy atom. The lowest BCUT2D eigenvalue weighted by Crippen LogP contribution is -2.16. The molecule has 0 saturated heterocycles. The molecule has 4 heteroatoms. The second kappa shape index (κ2) is 7.70. The second-order valence-electron chi connectivity index (χ2n) is 5.00. The molecular weight excluding hydrogens is 250 g/mol. The minimum Gasteiger partial charge on any atom is -0.496 e. The van der Waals surface area contributed by atoms with E-state index in [-0.39, 0.29) is 0 Å². The number of hydrogen-bond acceptors (Lipinski definition) is 3. The summed E-state index contributed by atoms with van der Waals surface area (Å²) in [5.74, 6) is 0.960. The summed E-state index contributed by atoms with van der Waals surface area (Å²) in [5, 5.41) is 3.48. The maximum atomic E-state index is 5.38. The molecule has 0 saturated carbocycles. The minimum atomic E-state index is 0.857. The van der Waals surface area contributed by atoms with Crippen LogP contribution in [0.5, 0.6) is 5.75 Å². The molecule has 1 N–H and O–H groups in total. The van der Waals surface area contributed by atoms with Gasteiger partial charge in [-0.25, -0.2) is 4.98 Å². The Kier molecular flexibility index (Phi) is 5.62. The number of aryl methyl sites for hydroxylation is 2. The Labute approximate surface area is 120 Å². The highest BCUT2D eigenvalue weighted by Gasteiger charge is 2.02. The van der Waals surface area contributed by atoms with Crippen molar-refractivity contribution in [3.8, 4) is 5.75 Å². The summed E-state index contributed by atoms with van der Waals surface area (Å²) in [5.41, 5.74) is 2.49. The Balaban J connectivity index is 1.67. The highest BCUT2D eigenvalue weighted by atomic mass is 16.5. The molecule has 0 spiro atoms. The fraction of sp³-hybridized carbons (Fsp3) is 0.438. The zero-order chi connectivity index (χ0) is 14.2. The van der Waals surface area contributed by atoms with Gasteiger partial charge in [0.1, 0.15) is 5.75 Å². The SMILES string of the molecule is COc1ccc(C)cc1CNCCCCn1ccnc1. The molecule has 0 aliphatic heterocycles. The smallest absolute Gasteiger partial charge is 0.123 e. The van der Waals surface area contributed by atoms with Crippen LogP contribution in [-0.4, -0.2) is 23.2 Å². The van der Waals surface area contributed by atoms with E-state index in [0.29, 0.717) is 0 Å². The van der Waals surface area contributed by atoms with Gasteiger partial charge in [0.25, 0.3) is 0 Å².